The number of aryl methyl sites for hydroxylation is 1. The Morgan fingerprint density at radius 1 is 0.893 bits per heavy atom. The number of ether oxygens (including phenoxy) is 1. The maximum Gasteiger partial charge on any atom is 0.407 e. The second-order valence-electron chi connectivity index (χ2n) is 6.63. The zero-order chi connectivity index (χ0) is 20.0. The summed E-state index contributed by atoms with van der Waals surface area (Å²) in [5, 5.41) is 5.90. The largest absolute Gasteiger partial charge is 0.445 e. The second kappa shape index (κ2) is 12.5. The number of hydrogen-bond acceptors (Lipinski definition) is 4. The topological polar surface area (TPSA) is 93.5 Å². The Bertz CT molecular complexity index is 707. The minimum atomic E-state index is -0.463. The van der Waals surface area contributed by atoms with Gasteiger partial charge in [-0.3, -0.25) is 4.79 Å². The SMILES string of the molecule is NC(=O)[C@@H](CCCNC(=O)OCc1ccccc1)NCCCc1ccccc1. The molecule has 0 fully saturated rings. The van der Waals surface area contributed by atoms with Crippen LogP contribution in [0.3, 0.4) is 0 Å². The van der Waals surface area contributed by atoms with Crippen LogP contribution < -0.4 is 16.4 Å². The van der Waals surface area contributed by atoms with Crippen LogP contribution in [0.1, 0.15) is 30.4 Å². The van der Waals surface area contributed by atoms with E-state index in [1.165, 1.54) is 5.56 Å². The predicted octanol–water partition coefficient (Wildman–Crippen LogP) is 2.77. The third-order valence-electron chi connectivity index (χ3n) is 4.37. The zero-order valence-electron chi connectivity index (χ0n) is 16.1. The number of carbonyl (C=O) groups is 2. The smallest absolute Gasteiger partial charge is 0.407 e. The van der Waals surface area contributed by atoms with Crippen LogP contribution in [0.15, 0.2) is 60.7 Å². The van der Waals surface area contributed by atoms with E-state index in [-0.39, 0.29) is 12.5 Å². The van der Waals surface area contributed by atoms with Crippen molar-refractivity contribution in [3.8, 4) is 0 Å². The molecule has 0 bridgehead atoms. The average molecular weight is 383 g/mol. The van der Waals surface area contributed by atoms with Crippen molar-refractivity contribution in [1.29, 1.82) is 0 Å². The number of hydrogen-bond donors (Lipinski definition) is 3. The van der Waals surface area contributed by atoms with Crippen molar-refractivity contribution < 1.29 is 14.3 Å². The molecule has 4 N–H and O–H groups in total. The molecule has 2 aromatic carbocycles. The Labute approximate surface area is 166 Å². The van der Waals surface area contributed by atoms with Gasteiger partial charge in [-0.2, -0.15) is 0 Å². The predicted molar refractivity (Wildman–Crippen MR) is 110 cm³/mol. The summed E-state index contributed by atoms with van der Waals surface area (Å²) < 4.78 is 5.15. The van der Waals surface area contributed by atoms with Crippen LogP contribution in [0.4, 0.5) is 4.79 Å². The zero-order valence-corrected chi connectivity index (χ0v) is 16.1. The molecule has 0 unspecified atom stereocenters. The molecule has 0 aliphatic heterocycles. The van der Waals surface area contributed by atoms with E-state index in [1.54, 1.807) is 0 Å². The molecule has 2 amide bonds. The normalized spacial score (nSPS) is 11.6. The van der Waals surface area contributed by atoms with Gasteiger partial charge in [-0.05, 0) is 43.4 Å². The van der Waals surface area contributed by atoms with E-state index in [4.69, 9.17) is 10.5 Å². The highest BCUT2D eigenvalue weighted by molar-refractivity contribution is 5.79. The van der Waals surface area contributed by atoms with Gasteiger partial charge in [0.2, 0.25) is 5.91 Å². The van der Waals surface area contributed by atoms with Crippen molar-refractivity contribution in [2.45, 2.75) is 38.3 Å². The molecule has 0 saturated heterocycles. The lowest BCUT2D eigenvalue weighted by Crippen LogP contribution is -2.42. The van der Waals surface area contributed by atoms with Gasteiger partial charge in [-0.25, -0.2) is 4.79 Å². The van der Waals surface area contributed by atoms with Crippen molar-refractivity contribution in [2.24, 2.45) is 5.73 Å². The molecule has 0 aliphatic rings. The van der Waals surface area contributed by atoms with Gasteiger partial charge in [0.1, 0.15) is 6.61 Å². The highest BCUT2D eigenvalue weighted by Gasteiger charge is 2.14. The van der Waals surface area contributed by atoms with Crippen LogP contribution in [0.5, 0.6) is 0 Å². The van der Waals surface area contributed by atoms with E-state index in [9.17, 15) is 9.59 Å². The molecule has 0 spiro atoms. The molecule has 0 heterocycles. The number of carbonyl (C=O) groups excluding carboxylic acids is 2. The number of amides is 2. The van der Waals surface area contributed by atoms with Gasteiger partial charge in [-0.1, -0.05) is 60.7 Å². The molecular weight excluding hydrogens is 354 g/mol. The minimum Gasteiger partial charge on any atom is -0.445 e. The van der Waals surface area contributed by atoms with Crippen molar-refractivity contribution in [3.63, 3.8) is 0 Å². The molecule has 2 aromatic rings. The summed E-state index contributed by atoms with van der Waals surface area (Å²) in [7, 11) is 0. The van der Waals surface area contributed by atoms with E-state index >= 15 is 0 Å². The molecule has 0 aromatic heterocycles. The Morgan fingerprint density at radius 3 is 2.18 bits per heavy atom. The number of alkyl carbamates (subject to hydrolysis) is 1. The lowest BCUT2D eigenvalue weighted by molar-refractivity contribution is -0.120. The van der Waals surface area contributed by atoms with Crippen LogP contribution >= 0.6 is 0 Å². The summed E-state index contributed by atoms with van der Waals surface area (Å²) >= 11 is 0. The van der Waals surface area contributed by atoms with Gasteiger partial charge in [0.25, 0.3) is 0 Å². The van der Waals surface area contributed by atoms with Gasteiger partial charge in [0, 0.05) is 6.54 Å². The molecule has 0 radical (unpaired) electrons. The third-order valence-corrected chi connectivity index (χ3v) is 4.37. The lowest BCUT2D eigenvalue weighted by atomic mass is 10.1. The van der Waals surface area contributed by atoms with Crippen LogP contribution in [-0.4, -0.2) is 31.1 Å². The van der Waals surface area contributed by atoms with E-state index < -0.39 is 12.1 Å². The quantitative estimate of drug-likeness (QED) is 0.491. The summed E-state index contributed by atoms with van der Waals surface area (Å²) in [4.78, 5) is 23.3. The molecule has 1 atom stereocenters. The number of nitrogens with two attached hydrogens (primary N) is 1. The molecule has 28 heavy (non-hydrogen) atoms. The van der Waals surface area contributed by atoms with E-state index in [0.29, 0.717) is 19.4 Å². The number of nitrogens with one attached hydrogen (secondary N) is 2. The first kappa shape index (κ1) is 21.4. The van der Waals surface area contributed by atoms with Crippen molar-refractivity contribution in [2.75, 3.05) is 13.1 Å². The van der Waals surface area contributed by atoms with Crippen LogP contribution in [0.25, 0.3) is 0 Å². The first-order valence-corrected chi connectivity index (χ1v) is 9.66. The fourth-order valence-corrected chi connectivity index (χ4v) is 2.83. The van der Waals surface area contributed by atoms with Crippen molar-refractivity contribution >= 4 is 12.0 Å². The number of benzene rings is 2. The minimum absolute atomic E-state index is 0.236. The molecule has 6 heteroatoms. The highest BCUT2D eigenvalue weighted by Crippen LogP contribution is 2.03. The molecule has 6 nitrogen and oxygen atoms in total. The summed E-state index contributed by atoms with van der Waals surface area (Å²) in [6.07, 6.45) is 2.63. The van der Waals surface area contributed by atoms with Gasteiger partial charge in [0.05, 0.1) is 6.04 Å². The van der Waals surface area contributed by atoms with Gasteiger partial charge < -0.3 is 21.1 Å². The summed E-state index contributed by atoms with van der Waals surface area (Å²) in [6.45, 7) is 1.39. The third kappa shape index (κ3) is 8.68. The maximum absolute atomic E-state index is 11.7. The Balaban J connectivity index is 1.56. The number of primary amides is 1. The Kier molecular flexibility index (Phi) is 9.58. The molecule has 0 aliphatic carbocycles. The first-order valence-electron chi connectivity index (χ1n) is 9.66. The lowest BCUT2D eigenvalue weighted by Gasteiger charge is -2.15. The fourth-order valence-electron chi connectivity index (χ4n) is 2.83. The van der Waals surface area contributed by atoms with Crippen LogP contribution in [0.2, 0.25) is 0 Å². The standard InChI is InChI=1S/C22H29N3O3/c23-21(26)20(24-15-7-13-18-9-3-1-4-10-18)14-8-16-25-22(27)28-17-19-11-5-2-6-12-19/h1-6,9-12,20,24H,7-8,13-17H2,(H2,23,26)(H,25,27)/t20-/m1/s1. The molecule has 0 saturated carbocycles. The fraction of sp³-hybridized carbons (Fsp3) is 0.364. The van der Waals surface area contributed by atoms with Crippen LogP contribution in [-0.2, 0) is 22.6 Å². The van der Waals surface area contributed by atoms with Crippen LogP contribution in [0, 0.1) is 0 Å². The summed E-state index contributed by atoms with van der Waals surface area (Å²) in [5.74, 6) is -0.369. The monoisotopic (exact) mass is 383 g/mol. The first-order chi connectivity index (χ1) is 13.6. The molecule has 2 rings (SSSR count). The van der Waals surface area contributed by atoms with Crippen molar-refractivity contribution in [3.05, 3.63) is 71.8 Å². The number of rotatable bonds is 12. The van der Waals surface area contributed by atoms with E-state index in [1.807, 2.05) is 48.5 Å². The van der Waals surface area contributed by atoms with E-state index in [2.05, 4.69) is 22.8 Å². The van der Waals surface area contributed by atoms with E-state index in [0.717, 1.165) is 24.9 Å². The Hall–Kier alpha value is -2.86. The van der Waals surface area contributed by atoms with Gasteiger partial charge in [-0.15, -0.1) is 0 Å². The second-order valence-corrected chi connectivity index (χ2v) is 6.63. The van der Waals surface area contributed by atoms with Gasteiger partial charge >= 0.3 is 6.09 Å². The summed E-state index contributed by atoms with van der Waals surface area (Å²) in [6, 6.07) is 19.3. The van der Waals surface area contributed by atoms with Gasteiger partial charge in [0.15, 0.2) is 0 Å². The summed E-state index contributed by atoms with van der Waals surface area (Å²) in [5.41, 5.74) is 7.68. The molecular formula is C22H29N3O3. The average Bonchev–Trinajstić information content (AvgIpc) is 2.72. The Morgan fingerprint density at radius 2 is 1.54 bits per heavy atom. The maximum atomic E-state index is 11.7. The van der Waals surface area contributed by atoms with Crippen molar-refractivity contribution in [1.82, 2.24) is 10.6 Å². The molecule has 150 valence electrons. The highest BCUT2D eigenvalue weighted by atomic mass is 16.5.